The number of carbonyl (C=O) groups excluding carboxylic acids is 2. The number of ether oxygens (including phenoxy) is 2. The number of nitrogens with one attached hydrogen (secondary N) is 2. The smallest absolute Gasteiger partial charge is 0.262 e. The number of amides is 2. The molecule has 3 aromatic carbocycles. The maximum absolute atomic E-state index is 12.8. The minimum Gasteiger partial charge on any atom is -0.493 e. The van der Waals surface area contributed by atoms with Crippen LogP contribution >= 0.6 is 0 Å². The minimum absolute atomic E-state index is 0.0295. The van der Waals surface area contributed by atoms with E-state index in [9.17, 15) is 9.59 Å². The Morgan fingerprint density at radius 3 is 2.76 bits per heavy atom. The number of fused-ring (bicyclic) bond motifs is 2. The predicted molar refractivity (Wildman–Crippen MR) is 110 cm³/mol. The van der Waals surface area contributed by atoms with Crippen LogP contribution in [0.4, 0.5) is 11.4 Å². The lowest BCUT2D eigenvalue weighted by molar-refractivity contribution is -0.118. The van der Waals surface area contributed by atoms with E-state index >= 15 is 0 Å². The first-order chi connectivity index (χ1) is 14.2. The number of benzene rings is 3. The molecule has 2 N–H and O–H groups in total. The maximum atomic E-state index is 12.8. The van der Waals surface area contributed by atoms with Crippen LogP contribution in [0.2, 0.25) is 0 Å². The van der Waals surface area contributed by atoms with Crippen LogP contribution in [0.1, 0.15) is 15.9 Å². The average molecular weight is 386 g/mol. The van der Waals surface area contributed by atoms with E-state index in [1.807, 2.05) is 30.3 Å². The van der Waals surface area contributed by atoms with Crippen molar-refractivity contribution in [3.63, 3.8) is 0 Å². The van der Waals surface area contributed by atoms with Crippen molar-refractivity contribution in [2.45, 2.75) is 6.42 Å². The zero-order valence-electron chi connectivity index (χ0n) is 15.5. The highest BCUT2D eigenvalue weighted by Crippen LogP contribution is 2.32. The summed E-state index contributed by atoms with van der Waals surface area (Å²) in [6.07, 6.45) is 0.907. The number of hydrogen-bond acceptors (Lipinski definition) is 4. The quantitative estimate of drug-likeness (QED) is 0.716. The van der Waals surface area contributed by atoms with Crippen LogP contribution in [-0.4, -0.2) is 25.0 Å². The van der Waals surface area contributed by atoms with Gasteiger partial charge in [-0.1, -0.05) is 18.2 Å². The Bertz CT molecular complexity index is 1140. The van der Waals surface area contributed by atoms with Gasteiger partial charge in [0.1, 0.15) is 11.5 Å². The second-order valence-electron chi connectivity index (χ2n) is 7.00. The summed E-state index contributed by atoms with van der Waals surface area (Å²) >= 11 is 0. The fourth-order valence-corrected chi connectivity index (χ4v) is 3.56. The van der Waals surface area contributed by atoms with Gasteiger partial charge in [0.05, 0.1) is 12.3 Å². The van der Waals surface area contributed by atoms with Crippen molar-refractivity contribution in [1.82, 2.24) is 0 Å². The zero-order valence-corrected chi connectivity index (χ0v) is 15.5. The summed E-state index contributed by atoms with van der Waals surface area (Å²) in [5.74, 6) is 1.07. The second-order valence-corrected chi connectivity index (χ2v) is 7.00. The van der Waals surface area contributed by atoms with E-state index in [1.165, 1.54) is 5.56 Å². The molecule has 6 nitrogen and oxygen atoms in total. The molecule has 0 bridgehead atoms. The molecule has 0 saturated heterocycles. The van der Waals surface area contributed by atoms with Crippen molar-refractivity contribution in [3.8, 4) is 22.6 Å². The summed E-state index contributed by atoms with van der Waals surface area (Å²) in [5.41, 5.74) is 4.99. The Morgan fingerprint density at radius 2 is 1.83 bits per heavy atom. The summed E-state index contributed by atoms with van der Waals surface area (Å²) in [5, 5.41) is 5.62. The summed E-state index contributed by atoms with van der Waals surface area (Å²) in [6.45, 7) is 0.688. The van der Waals surface area contributed by atoms with Crippen LogP contribution < -0.4 is 20.1 Å². The van der Waals surface area contributed by atoms with Crippen LogP contribution in [0.15, 0.2) is 60.7 Å². The van der Waals surface area contributed by atoms with E-state index in [0.29, 0.717) is 22.7 Å². The van der Waals surface area contributed by atoms with Crippen molar-refractivity contribution in [1.29, 1.82) is 0 Å². The van der Waals surface area contributed by atoms with E-state index < -0.39 is 0 Å². The van der Waals surface area contributed by atoms with Crippen molar-refractivity contribution in [3.05, 3.63) is 71.8 Å². The van der Waals surface area contributed by atoms with Gasteiger partial charge in [-0.15, -0.1) is 0 Å². The third-order valence-electron chi connectivity index (χ3n) is 5.02. The molecule has 0 radical (unpaired) electrons. The van der Waals surface area contributed by atoms with Gasteiger partial charge in [0.2, 0.25) is 0 Å². The zero-order chi connectivity index (χ0) is 19.8. The van der Waals surface area contributed by atoms with Crippen molar-refractivity contribution in [2.24, 2.45) is 0 Å². The molecule has 0 unspecified atom stereocenters. The lowest BCUT2D eigenvalue weighted by Crippen LogP contribution is -2.25. The largest absolute Gasteiger partial charge is 0.493 e. The van der Waals surface area contributed by atoms with E-state index in [2.05, 4.69) is 16.7 Å². The summed E-state index contributed by atoms with van der Waals surface area (Å²) in [4.78, 5) is 24.1. The molecule has 0 spiro atoms. The molecule has 3 aromatic rings. The van der Waals surface area contributed by atoms with Gasteiger partial charge in [0.25, 0.3) is 11.8 Å². The van der Waals surface area contributed by atoms with Crippen LogP contribution in [-0.2, 0) is 11.2 Å². The second kappa shape index (κ2) is 6.98. The fourth-order valence-electron chi connectivity index (χ4n) is 3.56. The van der Waals surface area contributed by atoms with Crippen LogP contribution in [0.3, 0.4) is 0 Å². The molecule has 2 aliphatic heterocycles. The molecule has 6 heteroatoms. The van der Waals surface area contributed by atoms with Gasteiger partial charge in [-0.25, -0.2) is 0 Å². The number of carbonyl (C=O) groups is 2. The molecule has 2 amide bonds. The summed E-state index contributed by atoms with van der Waals surface area (Å²) < 4.78 is 11.0. The molecule has 0 fully saturated rings. The number of rotatable bonds is 3. The van der Waals surface area contributed by atoms with E-state index in [0.717, 1.165) is 29.9 Å². The van der Waals surface area contributed by atoms with Gasteiger partial charge in [-0.2, -0.15) is 0 Å². The molecule has 0 atom stereocenters. The predicted octanol–water partition coefficient (Wildman–Crippen LogP) is 3.87. The van der Waals surface area contributed by atoms with Crippen LogP contribution in [0.5, 0.6) is 11.5 Å². The Balaban J connectivity index is 1.37. The summed E-state index contributed by atoms with van der Waals surface area (Å²) in [6, 6.07) is 18.8. The minimum atomic E-state index is -0.212. The highest BCUT2D eigenvalue weighted by atomic mass is 16.5. The van der Waals surface area contributed by atoms with Gasteiger partial charge >= 0.3 is 0 Å². The first-order valence-electron chi connectivity index (χ1n) is 9.40. The lowest BCUT2D eigenvalue weighted by atomic mass is 10.00. The molecule has 0 aromatic heterocycles. The average Bonchev–Trinajstić information content (AvgIpc) is 3.22. The van der Waals surface area contributed by atoms with Crippen LogP contribution in [0.25, 0.3) is 11.1 Å². The van der Waals surface area contributed by atoms with Crippen molar-refractivity contribution < 1.29 is 19.1 Å². The van der Waals surface area contributed by atoms with Gasteiger partial charge in [-0.3, -0.25) is 9.59 Å². The molecule has 5 rings (SSSR count). The van der Waals surface area contributed by atoms with Gasteiger partial charge in [-0.05, 0) is 53.1 Å². The molecule has 0 aliphatic carbocycles. The first-order valence-corrected chi connectivity index (χ1v) is 9.40. The van der Waals surface area contributed by atoms with E-state index in [4.69, 9.17) is 9.47 Å². The Kier molecular flexibility index (Phi) is 4.17. The lowest BCUT2D eigenvalue weighted by Gasteiger charge is -2.18. The third kappa shape index (κ3) is 3.40. The molecular formula is C23H18N2O4. The first kappa shape index (κ1) is 17.3. The highest BCUT2D eigenvalue weighted by Gasteiger charge is 2.17. The topological polar surface area (TPSA) is 76.7 Å². The Labute approximate surface area is 167 Å². The monoisotopic (exact) mass is 386 g/mol. The molecule has 0 saturated carbocycles. The van der Waals surface area contributed by atoms with Gasteiger partial charge in [0.15, 0.2) is 6.61 Å². The molecule has 29 heavy (non-hydrogen) atoms. The molecule has 2 heterocycles. The van der Waals surface area contributed by atoms with Crippen molar-refractivity contribution in [2.75, 3.05) is 23.8 Å². The highest BCUT2D eigenvalue weighted by molar-refractivity contribution is 6.05. The third-order valence-corrected chi connectivity index (χ3v) is 5.02. The Morgan fingerprint density at radius 1 is 0.931 bits per heavy atom. The van der Waals surface area contributed by atoms with Crippen LogP contribution in [0, 0.1) is 0 Å². The molecule has 144 valence electrons. The van der Waals surface area contributed by atoms with Gasteiger partial charge < -0.3 is 20.1 Å². The Hall–Kier alpha value is -3.80. The molecule has 2 aliphatic rings. The molecular weight excluding hydrogens is 368 g/mol. The SMILES string of the molecule is O=C1COc2cc(NC(=O)c3cccc(-c4ccc5c(c4)CCO5)c3)ccc2N1. The standard InChI is InChI=1S/C23H18N2O4/c26-22-13-29-21-12-18(5-6-19(21)25-22)24-23(27)17-3-1-2-14(11-17)15-4-7-20-16(10-15)8-9-28-20/h1-7,10-12H,8-9,13H2,(H,24,27)(H,25,26). The summed E-state index contributed by atoms with van der Waals surface area (Å²) in [7, 11) is 0. The number of anilines is 2. The van der Waals surface area contributed by atoms with E-state index in [1.54, 1.807) is 24.3 Å². The van der Waals surface area contributed by atoms with Gasteiger partial charge in [0, 0.05) is 23.7 Å². The van der Waals surface area contributed by atoms with Crippen molar-refractivity contribution >= 4 is 23.2 Å². The maximum Gasteiger partial charge on any atom is 0.262 e. The fraction of sp³-hybridized carbons (Fsp3) is 0.130. The van der Waals surface area contributed by atoms with E-state index in [-0.39, 0.29) is 18.4 Å². The normalized spacial score (nSPS) is 14.1. The number of hydrogen-bond donors (Lipinski definition) is 2.